The SMILES string of the molecule is C=CC(=O)Nc1cnn(CC(=O)N2CCOCC2)c1. The van der Waals surface area contributed by atoms with Crippen LogP contribution in [0.1, 0.15) is 0 Å². The van der Waals surface area contributed by atoms with Crippen molar-refractivity contribution in [1.82, 2.24) is 14.7 Å². The fourth-order valence-corrected chi connectivity index (χ4v) is 1.76. The molecule has 1 aromatic rings. The molecule has 0 atom stereocenters. The zero-order valence-corrected chi connectivity index (χ0v) is 10.5. The summed E-state index contributed by atoms with van der Waals surface area (Å²) in [6.07, 6.45) is 4.28. The predicted octanol–water partition coefficient (Wildman–Crippen LogP) is -0.134. The molecule has 0 spiro atoms. The van der Waals surface area contributed by atoms with Gasteiger partial charge in [-0.05, 0) is 6.08 Å². The van der Waals surface area contributed by atoms with Crippen LogP contribution < -0.4 is 5.32 Å². The minimum atomic E-state index is -0.306. The first-order chi connectivity index (χ1) is 9.19. The van der Waals surface area contributed by atoms with Gasteiger partial charge < -0.3 is 15.0 Å². The maximum atomic E-state index is 12.0. The highest BCUT2D eigenvalue weighted by Gasteiger charge is 2.17. The van der Waals surface area contributed by atoms with Gasteiger partial charge in [0.1, 0.15) is 6.54 Å². The van der Waals surface area contributed by atoms with Crippen LogP contribution in [-0.4, -0.2) is 52.8 Å². The Labute approximate surface area is 110 Å². The van der Waals surface area contributed by atoms with E-state index >= 15 is 0 Å². The Morgan fingerprint density at radius 1 is 1.47 bits per heavy atom. The molecule has 102 valence electrons. The van der Waals surface area contributed by atoms with E-state index in [0.29, 0.717) is 32.0 Å². The standard InChI is InChI=1S/C12H16N4O3/c1-2-11(17)14-10-7-13-16(8-10)9-12(18)15-3-5-19-6-4-15/h2,7-8H,1,3-6,9H2,(H,14,17). The van der Waals surface area contributed by atoms with Crippen LogP contribution in [0.15, 0.2) is 25.0 Å². The monoisotopic (exact) mass is 264 g/mol. The first kappa shape index (κ1) is 13.3. The summed E-state index contributed by atoms with van der Waals surface area (Å²) in [6.45, 7) is 5.89. The van der Waals surface area contributed by atoms with Crippen molar-refractivity contribution in [2.75, 3.05) is 31.6 Å². The van der Waals surface area contributed by atoms with Gasteiger partial charge >= 0.3 is 0 Å². The third-order valence-corrected chi connectivity index (χ3v) is 2.75. The second-order valence-electron chi connectivity index (χ2n) is 4.11. The van der Waals surface area contributed by atoms with Gasteiger partial charge in [-0.25, -0.2) is 0 Å². The molecule has 0 bridgehead atoms. The van der Waals surface area contributed by atoms with Crippen LogP contribution in [0.5, 0.6) is 0 Å². The van der Waals surface area contributed by atoms with Crippen molar-refractivity contribution < 1.29 is 14.3 Å². The molecule has 1 aliphatic heterocycles. The summed E-state index contributed by atoms with van der Waals surface area (Å²) in [7, 11) is 0. The maximum absolute atomic E-state index is 12.0. The molecule has 0 aromatic carbocycles. The average molecular weight is 264 g/mol. The number of rotatable bonds is 4. The van der Waals surface area contributed by atoms with E-state index in [1.807, 2.05) is 0 Å². The highest BCUT2D eigenvalue weighted by Crippen LogP contribution is 2.06. The molecular weight excluding hydrogens is 248 g/mol. The minimum Gasteiger partial charge on any atom is -0.378 e. The zero-order chi connectivity index (χ0) is 13.7. The van der Waals surface area contributed by atoms with Crippen LogP contribution >= 0.6 is 0 Å². The van der Waals surface area contributed by atoms with Crippen molar-refractivity contribution in [2.45, 2.75) is 6.54 Å². The van der Waals surface area contributed by atoms with Gasteiger partial charge in [0, 0.05) is 19.3 Å². The van der Waals surface area contributed by atoms with Crippen molar-refractivity contribution in [3.8, 4) is 0 Å². The molecule has 0 unspecified atom stereocenters. The van der Waals surface area contributed by atoms with Crippen molar-refractivity contribution in [2.24, 2.45) is 0 Å². The number of nitrogens with zero attached hydrogens (tertiary/aromatic N) is 3. The molecule has 7 heteroatoms. The molecule has 2 amide bonds. The molecule has 7 nitrogen and oxygen atoms in total. The second kappa shape index (κ2) is 6.14. The molecule has 0 aliphatic carbocycles. The molecule has 1 saturated heterocycles. The first-order valence-corrected chi connectivity index (χ1v) is 6.00. The lowest BCUT2D eigenvalue weighted by Crippen LogP contribution is -2.42. The number of ether oxygens (including phenoxy) is 1. The molecule has 1 fully saturated rings. The van der Waals surface area contributed by atoms with Crippen LogP contribution in [0.3, 0.4) is 0 Å². The average Bonchev–Trinajstić information content (AvgIpc) is 2.86. The van der Waals surface area contributed by atoms with E-state index in [1.54, 1.807) is 11.1 Å². The number of anilines is 1. The summed E-state index contributed by atoms with van der Waals surface area (Å²) >= 11 is 0. The second-order valence-corrected chi connectivity index (χ2v) is 4.11. The summed E-state index contributed by atoms with van der Waals surface area (Å²) in [4.78, 5) is 24.8. The van der Waals surface area contributed by atoms with Crippen molar-refractivity contribution in [1.29, 1.82) is 0 Å². The van der Waals surface area contributed by atoms with E-state index in [9.17, 15) is 9.59 Å². The molecule has 1 aromatic heterocycles. The van der Waals surface area contributed by atoms with Crippen molar-refractivity contribution in [3.63, 3.8) is 0 Å². The summed E-state index contributed by atoms with van der Waals surface area (Å²) in [5, 5.41) is 6.61. The number of nitrogens with one attached hydrogen (secondary N) is 1. The Morgan fingerprint density at radius 3 is 2.89 bits per heavy atom. The summed E-state index contributed by atoms with van der Waals surface area (Å²) in [6, 6.07) is 0. The maximum Gasteiger partial charge on any atom is 0.247 e. The van der Waals surface area contributed by atoms with Gasteiger partial charge in [0.05, 0.1) is 25.1 Å². The summed E-state index contributed by atoms with van der Waals surface area (Å²) in [5.41, 5.74) is 0.541. The highest BCUT2D eigenvalue weighted by atomic mass is 16.5. The van der Waals surface area contributed by atoms with E-state index in [0.717, 1.165) is 0 Å². The minimum absolute atomic E-state index is 0.00648. The fourth-order valence-electron chi connectivity index (χ4n) is 1.76. The number of hydrogen-bond acceptors (Lipinski definition) is 4. The van der Waals surface area contributed by atoms with Gasteiger partial charge in [0.25, 0.3) is 0 Å². The largest absolute Gasteiger partial charge is 0.378 e. The number of aromatic nitrogens is 2. The number of carbonyl (C=O) groups excluding carboxylic acids is 2. The van der Waals surface area contributed by atoms with Crippen molar-refractivity contribution >= 4 is 17.5 Å². The van der Waals surface area contributed by atoms with Crippen molar-refractivity contribution in [3.05, 3.63) is 25.0 Å². The van der Waals surface area contributed by atoms with Gasteiger partial charge in [0.15, 0.2) is 0 Å². The highest BCUT2D eigenvalue weighted by molar-refractivity contribution is 5.98. The van der Waals surface area contributed by atoms with E-state index < -0.39 is 0 Å². The number of hydrogen-bond donors (Lipinski definition) is 1. The number of carbonyl (C=O) groups is 2. The fraction of sp³-hybridized carbons (Fsp3) is 0.417. The molecule has 19 heavy (non-hydrogen) atoms. The Kier molecular flexibility index (Phi) is 4.30. The third-order valence-electron chi connectivity index (χ3n) is 2.75. The van der Waals surface area contributed by atoms with E-state index in [-0.39, 0.29) is 18.4 Å². The first-order valence-electron chi connectivity index (χ1n) is 6.00. The molecular formula is C12H16N4O3. The predicted molar refractivity (Wildman–Crippen MR) is 68.5 cm³/mol. The lowest BCUT2D eigenvalue weighted by molar-refractivity contribution is -0.136. The Balaban J connectivity index is 1.90. The molecule has 0 saturated carbocycles. The normalized spacial score (nSPS) is 15.1. The van der Waals surface area contributed by atoms with Crippen LogP contribution in [0, 0.1) is 0 Å². The van der Waals surface area contributed by atoms with E-state index in [1.165, 1.54) is 17.0 Å². The number of morpholine rings is 1. The molecule has 0 radical (unpaired) electrons. The lowest BCUT2D eigenvalue weighted by atomic mass is 10.4. The van der Waals surface area contributed by atoms with E-state index in [4.69, 9.17) is 4.74 Å². The molecule has 2 heterocycles. The Hall–Kier alpha value is -2.15. The van der Waals surface area contributed by atoms with Crippen LogP contribution in [0.25, 0.3) is 0 Å². The van der Waals surface area contributed by atoms with Crippen LogP contribution in [0.4, 0.5) is 5.69 Å². The van der Waals surface area contributed by atoms with Crippen LogP contribution in [0.2, 0.25) is 0 Å². The lowest BCUT2D eigenvalue weighted by Gasteiger charge is -2.26. The summed E-state index contributed by atoms with van der Waals surface area (Å²) in [5.74, 6) is -0.313. The molecule has 2 rings (SSSR count). The van der Waals surface area contributed by atoms with E-state index in [2.05, 4.69) is 17.0 Å². The topological polar surface area (TPSA) is 76.5 Å². The number of amides is 2. The molecule has 1 N–H and O–H groups in total. The smallest absolute Gasteiger partial charge is 0.247 e. The third kappa shape index (κ3) is 3.65. The van der Waals surface area contributed by atoms with Gasteiger partial charge in [-0.3, -0.25) is 14.3 Å². The van der Waals surface area contributed by atoms with Crippen LogP contribution in [-0.2, 0) is 20.9 Å². The van der Waals surface area contributed by atoms with Gasteiger partial charge in [-0.1, -0.05) is 6.58 Å². The van der Waals surface area contributed by atoms with Gasteiger partial charge in [-0.15, -0.1) is 0 Å². The summed E-state index contributed by atoms with van der Waals surface area (Å²) < 4.78 is 6.68. The van der Waals surface area contributed by atoms with Gasteiger partial charge in [-0.2, -0.15) is 5.10 Å². The quantitative estimate of drug-likeness (QED) is 0.768. The Bertz CT molecular complexity index is 477. The van der Waals surface area contributed by atoms with Gasteiger partial charge in [0.2, 0.25) is 11.8 Å². The molecule has 1 aliphatic rings. The zero-order valence-electron chi connectivity index (χ0n) is 10.5. The Morgan fingerprint density at radius 2 is 2.21 bits per heavy atom.